The molecule has 0 fully saturated rings. The Labute approximate surface area is 188 Å². The maximum absolute atomic E-state index is 7.56. The lowest BCUT2D eigenvalue weighted by atomic mass is 10.1. The molecule has 7 nitrogen and oxygen atoms in total. The molecule has 0 radical (unpaired) electrons. The van der Waals surface area contributed by atoms with Crippen LogP contribution in [-0.2, 0) is 6.54 Å². The Bertz CT molecular complexity index is 1470. The van der Waals surface area contributed by atoms with E-state index in [0.717, 1.165) is 38.3 Å². The number of rotatable bonds is 5. The molecular weight excluding hydrogens is 418 g/mol. The summed E-state index contributed by atoms with van der Waals surface area (Å²) in [6, 6.07) is 15.7. The Morgan fingerprint density at radius 3 is 2.81 bits per heavy atom. The molecule has 1 N–H and O–H groups in total. The third kappa shape index (κ3) is 4.02. The average Bonchev–Trinajstić information content (AvgIpc) is 3.31. The van der Waals surface area contributed by atoms with E-state index in [-0.39, 0.29) is 0 Å². The van der Waals surface area contributed by atoms with Crippen molar-refractivity contribution in [3.05, 3.63) is 89.8 Å². The van der Waals surface area contributed by atoms with E-state index in [4.69, 9.17) is 6.57 Å². The van der Waals surface area contributed by atoms with Gasteiger partial charge in [-0.1, -0.05) is 6.07 Å². The van der Waals surface area contributed by atoms with Gasteiger partial charge in [-0.25, -0.2) is 4.85 Å². The van der Waals surface area contributed by atoms with Gasteiger partial charge in [-0.2, -0.15) is 9.36 Å². The topological polar surface area (TPSA) is 80.8 Å². The number of anilines is 1. The smallest absolute Gasteiger partial charge is 0.235 e. The van der Waals surface area contributed by atoms with Crippen LogP contribution in [0.4, 0.5) is 11.6 Å². The predicted molar refractivity (Wildman–Crippen MR) is 126 cm³/mol. The largest absolute Gasteiger partial charge is 0.349 e. The molecule has 0 aliphatic heterocycles. The first-order valence-electron chi connectivity index (χ1n) is 9.92. The van der Waals surface area contributed by atoms with Crippen molar-refractivity contribution >= 4 is 34.1 Å². The molecule has 0 spiro atoms. The second-order valence-corrected chi connectivity index (χ2v) is 7.95. The fraction of sp³-hybridized carbons (Fsp3) is 0.0833. The molecule has 4 heterocycles. The normalized spacial score (nSPS) is 10.8. The average molecular weight is 436 g/mol. The zero-order valence-electron chi connectivity index (χ0n) is 17.1. The summed E-state index contributed by atoms with van der Waals surface area (Å²) in [4.78, 5) is 21.4. The number of nitrogens with one attached hydrogen (secondary N) is 1. The van der Waals surface area contributed by atoms with Crippen LogP contribution in [-0.4, -0.2) is 24.3 Å². The SMILES string of the molecule is [C-]#[N+]c1cc(CNc2nsc(-c3ccc4ncccc4c3)n2)cnc1-c1ccnc(C)c1. The van der Waals surface area contributed by atoms with Crippen molar-refractivity contribution in [1.82, 2.24) is 24.3 Å². The maximum atomic E-state index is 7.56. The molecule has 5 aromatic rings. The minimum atomic E-state index is 0.475. The number of hydrogen-bond donors (Lipinski definition) is 1. The van der Waals surface area contributed by atoms with E-state index >= 15 is 0 Å². The number of pyridine rings is 3. The first-order valence-corrected chi connectivity index (χ1v) is 10.7. The van der Waals surface area contributed by atoms with Crippen molar-refractivity contribution in [3.8, 4) is 21.8 Å². The minimum Gasteiger partial charge on any atom is -0.349 e. The number of fused-ring (bicyclic) bond motifs is 1. The Morgan fingerprint density at radius 1 is 1.00 bits per heavy atom. The molecule has 0 saturated carbocycles. The van der Waals surface area contributed by atoms with Gasteiger partial charge < -0.3 is 5.32 Å². The van der Waals surface area contributed by atoms with Crippen LogP contribution in [0.5, 0.6) is 0 Å². The zero-order chi connectivity index (χ0) is 21.9. The summed E-state index contributed by atoms with van der Waals surface area (Å²) < 4.78 is 4.42. The van der Waals surface area contributed by atoms with Crippen LogP contribution in [0.3, 0.4) is 0 Å². The number of benzene rings is 1. The summed E-state index contributed by atoms with van der Waals surface area (Å²) in [6.45, 7) is 9.95. The summed E-state index contributed by atoms with van der Waals surface area (Å²) in [7, 11) is 0. The molecular formula is C24H17N7S. The monoisotopic (exact) mass is 435 g/mol. The van der Waals surface area contributed by atoms with Crippen molar-refractivity contribution in [2.45, 2.75) is 13.5 Å². The number of aromatic nitrogens is 5. The fourth-order valence-electron chi connectivity index (χ4n) is 3.39. The van der Waals surface area contributed by atoms with E-state index < -0.39 is 0 Å². The molecule has 0 atom stereocenters. The van der Waals surface area contributed by atoms with Crippen molar-refractivity contribution in [2.24, 2.45) is 0 Å². The predicted octanol–water partition coefficient (Wildman–Crippen LogP) is 5.68. The molecule has 0 unspecified atom stereocenters. The molecule has 0 bridgehead atoms. The maximum Gasteiger partial charge on any atom is 0.235 e. The van der Waals surface area contributed by atoms with Crippen LogP contribution in [0.25, 0.3) is 37.6 Å². The van der Waals surface area contributed by atoms with Gasteiger partial charge in [0.15, 0.2) is 0 Å². The zero-order valence-corrected chi connectivity index (χ0v) is 18.0. The summed E-state index contributed by atoms with van der Waals surface area (Å²) in [5.74, 6) is 0.550. The van der Waals surface area contributed by atoms with Crippen LogP contribution in [0.15, 0.2) is 67.1 Å². The van der Waals surface area contributed by atoms with Gasteiger partial charge in [0.05, 0.1) is 17.8 Å². The molecule has 1 aromatic carbocycles. The number of aryl methyl sites for hydroxylation is 1. The molecule has 4 aromatic heterocycles. The Morgan fingerprint density at radius 2 is 1.94 bits per heavy atom. The van der Waals surface area contributed by atoms with Gasteiger partial charge in [-0.15, -0.1) is 0 Å². The van der Waals surface area contributed by atoms with Gasteiger partial charge in [0, 0.05) is 41.8 Å². The van der Waals surface area contributed by atoms with Gasteiger partial charge in [-0.3, -0.25) is 15.0 Å². The first-order chi connectivity index (χ1) is 15.7. The van der Waals surface area contributed by atoms with E-state index in [9.17, 15) is 0 Å². The van der Waals surface area contributed by atoms with Crippen LogP contribution >= 0.6 is 11.5 Å². The molecule has 0 aliphatic carbocycles. The minimum absolute atomic E-state index is 0.475. The molecule has 32 heavy (non-hydrogen) atoms. The standard InChI is InChI=1S/C24H17N7S/c1-15-10-18(7-9-26-15)22-21(25-2)11-16(13-28-22)14-29-24-30-23(32-31-24)19-5-6-20-17(12-19)4-3-8-27-20/h3-13H,14H2,1H3,(H,29,31). The van der Waals surface area contributed by atoms with E-state index in [1.54, 1.807) is 18.6 Å². The highest BCUT2D eigenvalue weighted by atomic mass is 32.1. The van der Waals surface area contributed by atoms with Crippen LogP contribution in [0.1, 0.15) is 11.3 Å². The fourth-order valence-corrected chi connectivity index (χ4v) is 4.03. The second kappa shape index (κ2) is 8.49. The van der Waals surface area contributed by atoms with E-state index in [1.807, 2.05) is 49.4 Å². The summed E-state index contributed by atoms with van der Waals surface area (Å²) >= 11 is 1.34. The third-order valence-electron chi connectivity index (χ3n) is 4.94. The third-order valence-corrected chi connectivity index (χ3v) is 5.71. The van der Waals surface area contributed by atoms with Crippen LogP contribution < -0.4 is 5.32 Å². The van der Waals surface area contributed by atoms with Gasteiger partial charge in [-0.05, 0) is 72.0 Å². The van der Waals surface area contributed by atoms with Crippen molar-refractivity contribution < 1.29 is 0 Å². The molecule has 154 valence electrons. The number of hydrogen-bond acceptors (Lipinski definition) is 7. The van der Waals surface area contributed by atoms with Gasteiger partial charge >= 0.3 is 0 Å². The molecule has 0 amide bonds. The first kappa shape index (κ1) is 19.7. The lowest BCUT2D eigenvalue weighted by Crippen LogP contribution is -2.01. The van der Waals surface area contributed by atoms with Crippen LogP contribution in [0, 0.1) is 13.5 Å². The Hall–Kier alpha value is -4.22. The molecule has 5 rings (SSSR count). The summed E-state index contributed by atoms with van der Waals surface area (Å²) in [6.07, 6.45) is 5.29. The van der Waals surface area contributed by atoms with E-state index in [0.29, 0.717) is 23.9 Å². The molecule has 8 heteroatoms. The van der Waals surface area contributed by atoms with Crippen molar-refractivity contribution in [1.29, 1.82) is 0 Å². The van der Waals surface area contributed by atoms with Crippen molar-refractivity contribution in [2.75, 3.05) is 5.32 Å². The Balaban J connectivity index is 1.33. The quantitative estimate of drug-likeness (QED) is 0.358. The van der Waals surface area contributed by atoms with E-state index in [2.05, 4.69) is 40.5 Å². The van der Waals surface area contributed by atoms with Gasteiger partial charge in [0.25, 0.3) is 0 Å². The summed E-state index contributed by atoms with van der Waals surface area (Å²) in [5.41, 5.74) is 5.79. The van der Waals surface area contributed by atoms with Gasteiger partial charge in [0.2, 0.25) is 11.6 Å². The van der Waals surface area contributed by atoms with Gasteiger partial charge in [0.1, 0.15) is 5.01 Å². The van der Waals surface area contributed by atoms with Crippen LogP contribution in [0.2, 0.25) is 0 Å². The lowest BCUT2D eigenvalue weighted by Gasteiger charge is -2.07. The molecule has 0 saturated heterocycles. The van der Waals surface area contributed by atoms with E-state index in [1.165, 1.54) is 11.5 Å². The highest BCUT2D eigenvalue weighted by molar-refractivity contribution is 7.09. The summed E-state index contributed by atoms with van der Waals surface area (Å²) in [5, 5.41) is 5.13. The lowest BCUT2D eigenvalue weighted by molar-refractivity contribution is 1.08. The second-order valence-electron chi connectivity index (χ2n) is 7.20. The Kier molecular flexibility index (Phi) is 5.24. The highest BCUT2D eigenvalue weighted by Gasteiger charge is 2.11. The number of nitrogens with zero attached hydrogens (tertiary/aromatic N) is 6. The molecule has 0 aliphatic rings. The highest BCUT2D eigenvalue weighted by Crippen LogP contribution is 2.30. The van der Waals surface area contributed by atoms with Crippen molar-refractivity contribution in [3.63, 3.8) is 0 Å².